The van der Waals surface area contributed by atoms with Crippen molar-refractivity contribution in [2.75, 3.05) is 51.3 Å². The number of nitrogens with two attached hydrogens (primary N) is 1. The molecule has 132 valence electrons. The topological polar surface area (TPSA) is 67.0 Å². The molecule has 0 aromatic carbocycles. The standard InChI is InChI=1S/C15H27N5OS.HI/c1-15(2,4-10-21-3)12-18-13(16)19-6-8-20(9-7-19)14-17-5-11-22-14;/h5,11H,4,6-10,12H2,1-3H3,(H2,16,18);1H. The van der Waals surface area contributed by atoms with E-state index in [2.05, 4.69) is 33.6 Å². The molecule has 0 bridgehead atoms. The van der Waals surface area contributed by atoms with Gasteiger partial charge in [-0.05, 0) is 11.8 Å². The molecular formula is C15H28IN5OS. The van der Waals surface area contributed by atoms with E-state index in [1.54, 1.807) is 18.4 Å². The summed E-state index contributed by atoms with van der Waals surface area (Å²) in [6, 6.07) is 0. The van der Waals surface area contributed by atoms with Crippen LogP contribution in [0.1, 0.15) is 20.3 Å². The molecule has 2 rings (SSSR count). The SMILES string of the molecule is COCCC(C)(C)CN=C(N)N1CCN(c2nccs2)CC1.I. The molecule has 0 saturated carbocycles. The molecule has 8 heteroatoms. The quantitative estimate of drug-likeness (QED) is 0.407. The predicted octanol–water partition coefficient (Wildman–Crippen LogP) is 2.26. The smallest absolute Gasteiger partial charge is 0.191 e. The van der Waals surface area contributed by atoms with E-state index in [-0.39, 0.29) is 29.4 Å². The lowest BCUT2D eigenvalue weighted by atomic mass is 9.90. The highest BCUT2D eigenvalue weighted by atomic mass is 127. The molecule has 6 nitrogen and oxygen atoms in total. The highest BCUT2D eigenvalue weighted by Crippen LogP contribution is 2.21. The summed E-state index contributed by atoms with van der Waals surface area (Å²) in [7, 11) is 1.73. The Morgan fingerprint density at radius 3 is 2.65 bits per heavy atom. The summed E-state index contributed by atoms with van der Waals surface area (Å²) in [4.78, 5) is 13.4. The van der Waals surface area contributed by atoms with Crippen LogP contribution in [0, 0.1) is 5.41 Å². The number of methoxy groups -OCH3 is 1. The summed E-state index contributed by atoms with van der Waals surface area (Å²) < 4.78 is 5.15. The van der Waals surface area contributed by atoms with Gasteiger partial charge in [0.05, 0.1) is 0 Å². The van der Waals surface area contributed by atoms with Gasteiger partial charge in [-0.15, -0.1) is 35.3 Å². The van der Waals surface area contributed by atoms with Crippen LogP contribution in [0.3, 0.4) is 0 Å². The molecule has 2 heterocycles. The van der Waals surface area contributed by atoms with Crippen LogP contribution < -0.4 is 10.6 Å². The molecule has 0 spiro atoms. The van der Waals surface area contributed by atoms with Gasteiger partial charge in [-0.3, -0.25) is 4.99 Å². The highest BCUT2D eigenvalue weighted by molar-refractivity contribution is 14.0. The monoisotopic (exact) mass is 453 g/mol. The summed E-state index contributed by atoms with van der Waals surface area (Å²) in [6.45, 7) is 9.56. The number of guanidine groups is 1. The van der Waals surface area contributed by atoms with Crippen LogP contribution in [0.4, 0.5) is 5.13 Å². The van der Waals surface area contributed by atoms with Crippen molar-refractivity contribution < 1.29 is 4.74 Å². The Morgan fingerprint density at radius 2 is 2.09 bits per heavy atom. The Kier molecular flexibility index (Phi) is 8.56. The van der Waals surface area contributed by atoms with Crippen LogP contribution >= 0.6 is 35.3 Å². The Morgan fingerprint density at radius 1 is 1.39 bits per heavy atom. The number of rotatable bonds is 6. The summed E-state index contributed by atoms with van der Waals surface area (Å²) in [5, 5.41) is 3.11. The summed E-state index contributed by atoms with van der Waals surface area (Å²) in [5.41, 5.74) is 6.28. The Labute approximate surface area is 160 Å². The van der Waals surface area contributed by atoms with E-state index in [1.165, 1.54) is 0 Å². The molecule has 0 aliphatic carbocycles. The first-order chi connectivity index (χ1) is 10.5. The van der Waals surface area contributed by atoms with Crippen molar-refractivity contribution in [1.82, 2.24) is 9.88 Å². The third-order valence-electron chi connectivity index (χ3n) is 3.95. The maximum absolute atomic E-state index is 6.16. The van der Waals surface area contributed by atoms with E-state index >= 15 is 0 Å². The van der Waals surface area contributed by atoms with Gasteiger partial charge in [0.1, 0.15) is 0 Å². The van der Waals surface area contributed by atoms with E-state index in [0.717, 1.165) is 50.9 Å². The van der Waals surface area contributed by atoms with Gasteiger partial charge in [0.2, 0.25) is 0 Å². The first-order valence-corrected chi connectivity index (χ1v) is 8.58. The number of hydrogen-bond acceptors (Lipinski definition) is 5. The Hall–Kier alpha value is -0.610. The van der Waals surface area contributed by atoms with E-state index in [1.807, 2.05) is 11.6 Å². The molecule has 1 aliphatic rings. The minimum Gasteiger partial charge on any atom is -0.385 e. The predicted molar refractivity (Wildman–Crippen MR) is 108 cm³/mol. The zero-order chi connectivity index (χ0) is 16.0. The van der Waals surface area contributed by atoms with Crippen LogP contribution in [-0.4, -0.2) is 62.3 Å². The molecule has 0 unspecified atom stereocenters. The van der Waals surface area contributed by atoms with Crippen molar-refractivity contribution in [3.05, 3.63) is 11.6 Å². The summed E-state index contributed by atoms with van der Waals surface area (Å²) in [5.74, 6) is 0.657. The highest BCUT2D eigenvalue weighted by Gasteiger charge is 2.21. The number of halogens is 1. The summed E-state index contributed by atoms with van der Waals surface area (Å²) in [6.07, 6.45) is 2.84. The fraction of sp³-hybridized carbons (Fsp3) is 0.733. The van der Waals surface area contributed by atoms with Crippen molar-refractivity contribution in [1.29, 1.82) is 0 Å². The lowest BCUT2D eigenvalue weighted by molar-refractivity contribution is 0.155. The lowest BCUT2D eigenvalue weighted by Gasteiger charge is -2.35. The Bertz CT molecular complexity index is 472. The van der Waals surface area contributed by atoms with Crippen molar-refractivity contribution in [3.63, 3.8) is 0 Å². The molecule has 1 fully saturated rings. The van der Waals surface area contributed by atoms with Crippen LogP contribution in [0.5, 0.6) is 0 Å². The van der Waals surface area contributed by atoms with E-state index < -0.39 is 0 Å². The maximum Gasteiger partial charge on any atom is 0.191 e. The Balaban J connectivity index is 0.00000264. The van der Waals surface area contributed by atoms with Gasteiger partial charge >= 0.3 is 0 Å². The summed E-state index contributed by atoms with van der Waals surface area (Å²) >= 11 is 1.68. The number of aromatic nitrogens is 1. The number of nitrogens with zero attached hydrogens (tertiary/aromatic N) is 4. The van der Waals surface area contributed by atoms with Crippen LogP contribution in [0.2, 0.25) is 0 Å². The number of aliphatic imine (C=N–C) groups is 1. The van der Waals surface area contributed by atoms with Gasteiger partial charge in [0.25, 0.3) is 0 Å². The van der Waals surface area contributed by atoms with Gasteiger partial charge in [0, 0.05) is 58.0 Å². The number of ether oxygens (including phenoxy) is 1. The molecule has 23 heavy (non-hydrogen) atoms. The van der Waals surface area contributed by atoms with Crippen molar-refractivity contribution >= 4 is 46.4 Å². The second kappa shape index (κ2) is 9.63. The van der Waals surface area contributed by atoms with Gasteiger partial charge in [-0.2, -0.15) is 0 Å². The number of hydrogen-bond donors (Lipinski definition) is 1. The number of piperazine rings is 1. The third-order valence-corrected chi connectivity index (χ3v) is 4.78. The molecule has 1 aliphatic heterocycles. The molecule has 1 saturated heterocycles. The fourth-order valence-electron chi connectivity index (χ4n) is 2.35. The number of thiazole rings is 1. The zero-order valence-corrected chi connectivity index (χ0v) is 17.3. The average Bonchev–Trinajstić information content (AvgIpc) is 3.05. The minimum absolute atomic E-state index is 0. The minimum atomic E-state index is 0. The van der Waals surface area contributed by atoms with Crippen molar-refractivity contribution in [2.24, 2.45) is 16.1 Å². The normalized spacial score (nSPS) is 16.4. The van der Waals surface area contributed by atoms with Crippen LogP contribution in [0.25, 0.3) is 0 Å². The second-order valence-corrected chi connectivity index (χ2v) is 7.24. The molecule has 1 aromatic rings. The van der Waals surface area contributed by atoms with Crippen molar-refractivity contribution in [2.45, 2.75) is 20.3 Å². The van der Waals surface area contributed by atoms with Gasteiger partial charge in [-0.1, -0.05) is 13.8 Å². The molecule has 2 N–H and O–H groups in total. The molecular weight excluding hydrogens is 425 g/mol. The molecule has 0 amide bonds. The van der Waals surface area contributed by atoms with Crippen molar-refractivity contribution in [3.8, 4) is 0 Å². The first kappa shape index (κ1) is 20.4. The number of anilines is 1. The molecule has 0 atom stereocenters. The lowest BCUT2D eigenvalue weighted by Crippen LogP contribution is -2.51. The van der Waals surface area contributed by atoms with E-state index in [4.69, 9.17) is 10.5 Å². The second-order valence-electron chi connectivity index (χ2n) is 6.37. The van der Waals surface area contributed by atoms with E-state index in [9.17, 15) is 0 Å². The fourth-order valence-corrected chi connectivity index (χ4v) is 3.05. The molecule has 0 radical (unpaired) electrons. The van der Waals surface area contributed by atoms with Crippen LogP contribution in [-0.2, 0) is 4.74 Å². The van der Waals surface area contributed by atoms with Gasteiger partial charge < -0.3 is 20.3 Å². The van der Waals surface area contributed by atoms with Gasteiger partial charge in [-0.25, -0.2) is 4.98 Å². The third kappa shape index (κ3) is 6.42. The van der Waals surface area contributed by atoms with Gasteiger partial charge in [0.15, 0.2) is 11.1 Å². The maximum atomic E-state index is 6.16. The van der Waals surface area contributed by atoms with E-state index in [0.29, 0.717) is 5.96 Å². The van der Waals surface area contributed by atoms with Crippen LogP contribution in [0.15, 0.2) is 16.6 Å². The zero-order valence-electron chi connectivity index (χ0n) is 14.2. The first-order valence-electron chi connectivity index (χ1n) is 7.70. The molecule has 1 aromatic heterocycles. The largest absolute Gasteiger partial charge is 0.385 e. The average molecular weight is 453 g/mol.